The van der Waals surface area contributed by atoms with E-state index in [2.05, 4.69) is 10.6 Å². The summed E-state index contributed by atoms with van der Waals surface area (Å²) in [4.78, 5) is 22.0. The van der Waals surface area contributed by atoms with Gasteiger partial charge in [-0.15, -0.1) is 12.4 Å². The van der Waals surface area contributed by atoms with E-state index in [1.807, 2.05) is 11.8 Å². The van der Waals surface area contributed by atoms with Gasteiger partial charge in [0.25, 0.3) is 0 Å². The van der Waals surface area contributed by atoms with Crippen molar-refractivity contribution in [3.05, 3.63) is 0 Å². The zero-order chi connectivity index (χ0) is 11.1. The van der Waals surface area contributed by atoms with E-state index in [0.29, 0.717) is 11.8 Å². The van der Waals surface area contributed by atoms with E-state index in [-0.39, 0.29) is 37.3 Å². The minimum Gasteiger partial charge on any atom is -0.353 e. The Balaban J connectivity index is 0.00000225. The maximum absolute atomic E-state index is 11.2. The third kappa shape index (κ3) is 6.19. The maximum Gasteiger partial charge on any atom is 0.239 e. The van der Waals surface area contributed by atoms with Crippen molar-refractivity contribution in [3.63, 3.8) is 0 Å². The molecule has 4 N–H and O–H groups in total. The smallest absolute Gasteiger partial charge is 0.239 e. The van der Waals surface area contributed by atoms with Crippen molar-refractivity contribution >= 4 is 36.0 Å². The molecule has 1 heterocycles. The van der Waals surface area contributed by atoms with Gasteiger partial charge in [-0.1, -0.05) is 0 Å². The van der Waals surface area contributed by atoms with Crippen molar-refractivity contribution in [2.75, 3.05) is 25.4 Å². The summed E-state index contributed by atoms with van der Waals surface area (Å²) in [6.07, 6.45) is 2.40. The third-order valence-electron chi connectivity index (χ3n) is 2.18. The normalized spacial score (nSPS) is 18.7. The molecule has 0 aliphatic carbocycles. The minimum atomic E-state index is -0.305. The van der Waals surface area contributed by atoms with Crippen LogP contribution in [-0.2, 0) is 9.59 Å². The molecule has 2 amide bonds. The lowest BCUT2D eigenvalue weighted by Gasteiger charge is -2.10. The van der Waals surface area contributed by atoms with Crippen LogP contribution in [0.3, 0.4) is 0 Å². The van der Waals surface area contributed by atoms with Gasteiger partial charge in [-0.2, -0.15) is 11.8 Å². The molecule has 0 aromatic carbocycles. The molecule has 0 radical (unpaired) electrons. The van der Waals surface area contributed by atoms with Crippen molar-refractivity contribution in [3.8, 4) is 0 Å². The van der Waals surface area contributed by atoms with E-state index >= 15 is 0 Å². The van der Waals surface area contributed by atoms with Crippen LogP contribution in [0.4, 0.5) is 0 Å². The SMILES string of the molecule is Cl.NCC(=O)NCC(=O)NCC1CCCS1. The van der Waals surface area contributed by atoms with Crippen LogP contribution in [-0.4, -0.2) is 42.5 Å². The number of carbonyl (C=O) groups is 2. The summed E-state index contributed by atoms with van der Waals surface area (Å²) < 4.78 is 0. The fraction of sp³-hybridized carbons (Fsp3) is 0.778. The Kier molecular flexibility index (Phi) is 8.42. The highest BCUT2D eigenvalue weighted by Gasteiger charge is 2.16. The van der Waals surface area contributed by atoms with Crippen molar-refractivity contribution in [2.24, 2.45) is 5.73 Å². The average Bonchev–Trinajstić information content (AvgIpc) is 2.75. The molecule has 1 atom stereocenters. The average molecular weight is 268 g/mol. The molecule has 1 aliphatic heterocycles. The van der Waals surface area contributed by atoms with Crippen molar-refractivity contribution < 1.29 is 9.59 Å². The second kappa shape index (κ2) is 8.66. The van der Waals surface area contributed by atoms with Crippen LogP contribution < -0.4 is 16.4 Å². The van der Waals surface area contributed by atoms with Crippen LogP contribution in [0.15, 0.2) is 0 Å². The van der Waals surface area contributed by atoms with Crippen LogP contribution in [0.25, 0.3) is 0 Å². The number of halogens is 1. The summed E-state index contributed by atoms with van der Waals surface area (Å²) in [6, 6.07) is 0. The lowest BCUT2D eigenvalue weighted by Crippen LogP contribution is -2.41. The number of nitrogens with two attached hydrogens (primary N) is 1. The van der Waals surface area contributed by atoms with Gasteiger partial charge in [0.05, 0.1) is 13.1 Å². The van der Waals surface area contributed by atoms with E-state index in [4.69, 9.17) is 5.73 Å². The standard InChI is InChI=1S/C9H17N3O2S.ClH/c10-4-8(13)12-6-9(14)11-5-7-2-1-3-15-7;/h7H,1-6,10H2,(H,11,14)(H,12,13);1H. The number of rotatable bonds is 5. The van der Waals surface area contributed by atoms with Gasteiger partial charge in [-0.3, -0.25) is 9.59 Å². The lowest BCUT2D eigenvalue weighted by atomic mass is 10.2. The molecule has 0 aromatic heterocycles. The zero-order valence-corrected chi connectivity index (χ0v) is 10.7. The van der Waals surface area contributed by atoms with Gasteiger partial charge in [0.2, 0.25) is 11.8 Å². The summed E-state index contributed by atoms with van der Waals surface area (Å²) in [5.41, 5.74) is 5.08. The summed E-state index contributed by atoms with van der Waals surface area (Å²) in [6.45, 7) is 0.640. The molecule has 1 fully saturated rings. The first-order valence-electron chi connectivity index (χ1n) is 5.07. The number of thioether (sulfide) groups is 1. The molecule has 0 aromatic rings. The van der Waals surface area contributed by atoms with E-state index < -0.39 is 0 Å². The Morgan fingerprint density at radius 1 is 1.31 bits per heavy atom. The monoisotopic (exact) mass is 267 g/mol. The molecule has 0 bridgehead atoms. The molecule has 1 unspecified atom stereocenters. The molecule has 1 saturated heterocycles. The van der Waals surface area contributed by atoms with Gasteiger partial charge < -0.3 is 16.4 Å². The Morgan fingerprint density at radius 2 is 2.06 bits per heavy atom. The molecule has 0 spiro atoms. The van der Waals surface area contributed by atoms with Crippen LogP contribution in [0.1, 0.15) is 12.8 Å². The second-order valence-corrected chi connectivity index (χ2v) is 4.83. The summed E-state index contributed by atoms with van der Waals surface area (Å²) in [5.74, 6) is 0.731. The highest BCUT2D eigenvalue weighted by Crippen LogP contribution is 2.24. The van der Waals surface area contributed by atoms with E-state index in [0.717, 1.165) is 0 Å². The van der Waals surface area contributed by atoms with Crippen LogP contribution in [0.5, 0.6) is 0 Å². The van der Waals surface area contributed by atoms with Gasteiger partial charge in [-0.05, 0) is 18.6 Å². The number of hydrogen-bond acceptors (Lipinski definition) is 4. The van der Waals surface area contributed by atoms with Gasteiger partial charge in [0.15, 0.2) is 0 Å². The molecule has 94 valence electrons. The minimum absolute atomic E-state index is 0. The van der Waals surface area contributed by atoms with Gasteiger partial charge in [-0.25, -0.2) is 0 Å². The maximum atomic E-state index is 11.2. The predicted molar refractivity (Wildman–Crippen MR) is 67.8 cm³/mol. The fourth-order valence-corrected chi connectivity index (χ4v) is 2.55. The first-order valence-corrected chi connectivity index (χ1v) is 6.12. The van der Waals surface area contributed by atoms with Crippen molar-refractivity contribution in [1.29, 1.82) is 0 Å². The number of nitrogens with one attached hydrogen (secondary N) is 2. The summed E-state index contributed by atoms with van der Waals surface area (Å²) in [7, 11) is 0. The van der Waals surface area contributed by atoms with E-state index in [1.165, 1.54) is 18.6 Å². The van der Waals surface area contributed by atoms with E-state index in [1.54, 1.807) is 0 Å². The van der Waals surface area contributed by atoms with Gasteiger partial charge in [0.1, 0.15) is 0 Å². The summed E-state index contributed by atoms with van der Waals surface area (Å²) >= 11 is 1.89. The predicted octanol–water partition coefficient (Wildman–Crippen LogP) is -0.505. The van der Waals surface area contributed by atoms with Crippen molar-refractivity contribution in [2.45, 2.75) is 18.1 Å². The number of carbonyl (C=O) groups excluding carboxylic acids is 2. The van der Waals surface area contributed by atoms with Gasteiger partial charge in [0, 0.05) is 11.8 Å². The molecular weight excluding hydrogens is 250 g/mol. The summed E-state index contributed by atoms with van der Waals surface area (Å²) in [5, 5.41) is 5.75. The van der Waals surface area contributed by atoms with Crippen molar-refractivity contribution in [1.82, 2.24) is 10.6 Å². The topological polar surface area (TPSA) is 84.2 Å². The Morgan fingerprint density at radius 3 is 2.62 bits per heavy atom. The van der Waals surface area contributed by atoms with Crippen LogP contribution in [0.2, 0.25) is 0 Å². The quantitative estimate of drug-likeness (QED) is 0.627. The second-order valence-electron chi connectivity index (χ2n) is 3.42. The first kappa shape index (κ1) is 15.5. The Hall–Kier alpha value is -0.460. The molecule has 1 rings (SSSR count). The Labute approximate surface area is 106 Å². The first-order chi connectivity index (χ1) is 7.22. The van der Waals surface area contributed by atoms with Gasteiger partial charge >= 0.3 is 0 Å². The molecule has 1 aliphatic rings. The molecule has 7 heteroatoms. The molecular formula is C9H18ClN3O2S. The lowest BCUT2D eigenvalue weighted by molar-refractivity contribution is -0.125. The zero-order valence-electron chi connectivity index (χ0n) is 9.03. The third-order valence-corrected chi connectivity index (χ3v) is 3.58. The highest BCUT2D eigenvalue weighted by molar-refractivity contribution is 8.00. The molecule has 16 heavy (non-hydrogen) atoms. The van der Waals surface area contributed by atoms with Crippen LogP contribution >= 0.6 is 24.2 Å². The number of amides is 2. The molecule has 5 nitrogen and oxygen atoms in total. The van der Waals surface area contributed by atoms with E-state index in [9.17, 15) is 9.59 Å². The highest BCUT2D eigenvalue weighted by atomic mass is 35.5. The number of hydrogen-bond donors (Lipinski definition) is 3. The van der Waals surface area contributed by atoms with Crippen LogP contribution in [0, 0.1) is 0 Å². The molecule has 0 saturated carbocycles. The largest absolute Gasteiger partial charge is 0.353 e. The Bertz CT molecular complexity index is 235. The fourth-order valence-electron chi connectivity index (χ4n) is 1.35.